The van der Waals surface area contributed by atoms with Gasteiger partial charge in [-0.2, -0.15) is 0 Å². The molecule has 0 spiro atoms. The van der Waals surface area contributed by atoms with Crippen LogP contribution in [0.4, 0.5) is 5.69 Å². The molecule has 0 fully saturated rings. The van der Waals surface area contributed by atoms with Crippen LogP contribution in [0.1, 0.15) is 13.3 Å². The third-order valence-electron chi connectivity index (χ3n) is 3.10. The Balaban J connectivity index is 2.98. The molecule has 1 aromatic carbocycles. The van der Waals surface area contributed by atoms with Crippen LogP contribution in [-0.2, 0) is 4.79 Å². The van der Waals surface area contributed by atoms with Gasteiger partial charge >= 0.3 is 0 Å². The van der Waals surface area contributed by atoms with E-state index in [4.69, 9.17) is 15.2 Å². The van der Waals surface area contributed by atoms with Gasteiger partial charge in [0.05, 0.1) is 19.9 Å². The number of carbonyl (C=O) groups is 1. The first kappa shape index (κ1) is 15.3. The van der Waals surface area contributed by atoms with Crippen LogP contribution in [0.3, 0.4) is 0 Å². The van der Waals surface area contributed by atoms with E-state index in [1.165, 1.54) is 0 Å². The largest absolute Gasteiger partial charge is 0.497 e. The Morgan fingerprint density at radius 2 is 2.05 bits per heavy atom. The lowest BCUT2D eigenvalue weighted by atomic mass is 10.1. The molecule has 0 aliphatic rings. The maximum atomic E-state index is 12.2. The molecule has 0 bridgehead atoms. The first-order valence-corrected chi connectivity index (χ1v) is 6.24. The highest BCUT2D eigenvalue weighted by molar-refractivity contribution is 5.95. The molecular formula is C14H22N2O3. The Hall–Kier alpha value is -1.75. The van der Waals surface area contributed by atoms with Gasteiger partial charge in [-0.1, -0.05) is 6.92 Å². The fourth-order valence-corrected chi connectivity index (χ4v) is 1.88. The van der Waals surface area contributed by atoms with Gasteiger partial charge in [-0.3, -0.25) is 4.79 Å². The maximum Gasteiger partial charge on any atom is 0.229 e. The average Bonchev–Trinajstić information content (AvgIpc) is 2.45. The number of nitrogens with two attached hydrogens (primary N) is 1. The molecule has 1 atom stereocenters. The summed E-state index contributed by atoms with van der Waals surface area (Å²) >= 11 is 0. The number of methoxy groups -OCH3 is 2. The van der Waals surface area contributed by atoms with E-state index in [1.54, 1.807) is 38.3 Å². The van der Waals surface area contributed by atoms with Crippen molar-refractivity contribution >= 4 is 11.6 Å². The van der Waals surface area contributed by atoms with Gasteiger partial charge in [0, 0.05) is 19.0 Å². The second-order valence-corrected chi connectivity index (χ2v) is 4.41. The van der Waals surface area contributed by atoms with Crippen molar-refractivity contribution in [1.82, 2.24) is 0 Å². The van der Waals surface area contributed by atoms with E-state index in [9.17, 15) is 4.79 Å². The van der Waals surface area contributed by atoms with E-state index >= 15 is 0 Å². The van der Waals surface area contributed by atoms with Crippen LogP contribution >= 0.6 is 0 Å². The predicted octanol–water partition coefficient (Wildman–Crippen LogP) is 1.65. The van der Waals surface area contributed by atoms with Gasteiger partial charge in [0.2, 0.25) is 5.91 Å². The summed E-state index contributed by atoms with van der Waals surface area (Å²) < 4.78 is 10.4. The number of nitrogens with zero attached hydrogens (tertiary/aromatic N) is 1. The SMILES string of the molecule is COc1ccc(N(C)C(=O)C(C)CCN)c(OC)c1. The normalized spacial score (nSPS) is 11.8. The Morgan fingerprint density at radius 3 is 2.58 bits per heavy atom. The van der Waals surface area contributed by atoms with Crippen LogP contribution in [-0.4, -0.2) is 33.7 Å². The summed E-state index contributed by atoms with van der Waals surface area (Å²) in [5.74, 6) is 1.21. The second-order valence-electron chi connectivity index (χ2n) is 4.41. The summed E-state index contributed by atoms with van der Waals surface area (Å²) in [4.78, 5) is 13.8. The van der Waals surface area contributed by atoms with Gasteiger partial charge in [-0.25, -0.2) is 0 Å². The van der Waals surface area contributed by atoms with E-state index in [0.717, 1.165) is 5.69 Å². The maximum absolute atomic E-state index is 12.2. The molecule has 0 aromatic heterocycles. The van der Waals surface area contributed by atoms with Gasteiger partial charge in [0.25, 0.3) is 0 Å². The van der Waals surface area contributed by atoms with Gasteiger partial charge in [0.1, 0.15) is 11.5 Å². The molecule has 0 radical (unpaired) electrons. The summed E-state index contributed by atoms with van der Waals surface area (Å²) in [6, 6.07) is 5.37. The molecule has 1 unspecified atom stereocenters. The first-order valence-electron chi connectivity index (χ1n) is 6.24. The second kappa shape index (κ2) is 6.99. The molecule has 1 rings (SSSR count). The minimum atomic E-state index is -0.109. The zero-order chi connectivity index (χ0) is 14.4. The van der Waals surface area contributed by atoms with Crippen molar-refractivity contribution in [2.75, 3.05) is 32.7 Å². The third kappa shape index (κ3) is 3.61. The zero-order valence-electron chi connectivity index (χ0n) is 12.0. The molecule has 0 saturated heterocycles. The number of ether oxygens (including phenoxy) is 2. The van der Waals surface area contributed by atoms with Crippen LogP contribution < -0.4 is 20.1 Å². The van der Waals surface area contributed by atoms with Gasteiger partial charge < -0.3 is 20.1 Å². The molecule has 19 heavy (non-hydrogen) atoms. The molecule has 106 valence electrons. The lowest BCUT2D eigenvalue weighted by Crippen LogP contribution is -2.32. The molecule has 0 heterocycles. The molecule has 5 heteroatoms. The van der Waals surface area contributed by atoms with Crippen molar-refractivity contribution in [2.45, 2.75) is 13.3 Å². The Labute approximate surface area is 114 Å². The number of benzene rings is 1. The molecule has 0 aliphatic carbocycles. The Bertz CT molecular complexity index is 435. The molecule has 2 N–H and O–H groups in total. The van der Waals surface area contributed by atoms with Crippen molar-refractivity contribution in [1.29, 1.82) is 0 Å². The highest BCUT2D eigenvalue weighted by Crippen LogP contribution is 2.32. The quantitative estimate of drug-likeness (QED) is 0.850. The minimum absolute atomic E-state index is 0.0221. The fourth-order valence-electron chi connectivity index (χ4n) is 1.88. The van der Waals surface area contributed by atoms with Crippen molar-refractivity contribution < 1.29 is 14.3 Å². The molecule has 0 aliphatic heterocycles. The van der Waals surface area contributed by atoms with Crippen molar-refractivity contribution in [2.24, 2.45) is 11.7 Å². The number of hydrogen-bond acceptors (Lipinski definition) is 4. The van der Waals surface area contributed by atoms with E-state index in [-0.39, 0.29) is 11.8 Å². The number of anilines is 1. The zero-order valence-corrected chi connectivity index (χ0v) is 12.0. The summed E-state index contributed by atoms with van der Waals surface area (Å²) in [5.41, 5.74) is 6.21. The first-order chi connectivity index (χ1) is 9.04. The van der Waals surface area contributed by atoms with Gasteiger partial charge in [0.15, 0.2) is 0 Å². The summed E-state index contributed by atoms with van der Waals surface area (Å²) in [5, 5.41) is 0. The summed E-state index contributed by atoms with van der Waals surface area (Å²) in [6.07, 6.45) is 0.668. The summed E-state index contributed by atoms with van der Waals surface area (Å²) in [7, 11) is 4.90. The van der Waals surface area contributed by atoms with E-state index < -0.39 is 0 Å². The third-order valence-corrected chi connectivity index (χ3v) is 3.10. The molecule has 1 aromatic rings. The summed E-state index contributed by atoms with van der Waals surface area (Å²) in [6.45, 7) is 2.38. The van der Waals surface area contributed by atoms with Crippen LogP contribution in [0.2, 0.25) is 0 Å². The average molecular weight is 266 g/mol. The number of hydrogen-bond donors (Lipinski definition) is 1. The lowest BCUT2D eigenvalue weighted by molar-refractivity contribution is -0.121. The monoisotopic (exact) mass is 266 g/mol. The fraction of sp³-hybridized carbons (Fsp3) is 0.500. The number of rotatable bonds is 6. The predicted molar refractivity (Wildman–Crippen MR) is 75.8 cm³/mol. The number of amides is 1. The van der Waals surface area contributed by atoms with Crippen LogP contribution in [0, 0.1) is 5.92 Å². The van der Waals surface area contributed by atoms with Gasteiger partial charge in [-0.15, -0.1) is 0 Å². The number of carbonyl (C=O) groups excluding carboxylic acids is 1. The molecule has 1 amide bonds. The van der Waals surface area contributed by atoms with Crippen molar-refractivity contribution in [3.63, 3.8) is 0 Å². The minimum Gasteiger partial charge on any atom is -0.497 e. The van der Waals surface area contributed by atoms with Crippen LogP contribution in [0.5, 0.6) is 11.5 Å². The Kier molecular flexibility index (Phi) is 5.63. The van der Waals surface area contributed by atoms with Crippen molar-refractivity contribution in [3.05, 3.63) is 18.2 Å². The lowest BCUT2D eigenvalue weighted by Gasteiger charge is -2.23. The topological polar surface area (TPSA) is 64.8 Å². The molecule has 0 saturated carbocycles. The standard InChI is InChI=1S/C14H22N2O3/c1-10(7-8-15)14(17)16(2)12-6-5-11(18-3)9-13(12)19-4/h5-6,9-10H,7-8,15H2,1-4H3. The van der Waals surface area contributed by atoms with Crippen LogP contribution in [0.15, 0.2) is 18.2 Å². The van der Waals surface area contributed by atoms with E-state index in [0.29, 0.717) is 24.5 Å². The smallest absolute Gasteiger partial charge is 0.229 e. The van der Waals surface area contributed by atoms with Crippen molar-refractivity contribution in [3.8, 4) is 11.5 Å². The molecular weight excluding hydrogens is 244 g/mol. The highest BCUT2D eigenvalue weighted by atomic mass is 16.5. The molecule has 5 nitrogen and oxygen atoms in total. The van der Waals surface area contributed by atoms with E-state index in [1.807, 2.05) is 13.0 Å². The highest BCUT2D eigenvalue weighted by Gasteiger charge is 2.20. The van der Waals surface area contributed by atoms with E-state index in [2.05, 4.69) is 0 Å². The van der Waals surface area contributed by atoms with Crippen LogP contribution in [0.25, 0.3) is 0 Å². The Morgan fingerprint density at radius 1 is 1.37 bits per heavy atom. The van der Waals surface area contributed by atoms with Gasteiger partial charge in [-0.05, 0) is 25.1 Å².